The van der Waals surface area contributed by atoms with Gasteiger partial charge in [0.1, 0.15) is 5.82 Å². The molecule has 0 unspecified atom stereocenters. The van der Waals surface area contributed by atoms with E-state index >= 15 is 0 Å². The third-order valence-corrected chi connectivity index (χ3v) is 3.35. The molecule has 0 bridgehead atoms. The molecule has 0 aliphatic carbocycles. The molecule has 0 radical (unpaired) electrons. The molecule has 3 rings (SSSR count). The Bertz CT molecular complexity index is 756. The van der Waals surface area contributed by atoms with Crippen LogP contribution in [0.5, 0.6) is 0 Å². The second-order valence-electron chi connectivity index (χ2n) is 4.65. The van der Waals surface area contributed by atoms with Gasteiger partial charge in [-0.25, -0.2) is 9.29 Å². The summed E-state index contributed by atoms with van der Waals surface area (Å²) < 4.78 is 13.1. The third-order valence-electron chi connectivity index (χ3n) is 3.35. The number of carbonyl (C=O) groups is 2. The molecule has 1 heterocycles. The molecule has 1 aliphatic heterocycles. The smallest absolute Gasteiger partial charge is 0.268 e. The predicted molar refractivity (Wildman–Crippen MR) is 73.1 cm³/mol. The number of aryl methyl sites for hydroxylation is 1. The van der Waals surface area contributed by atoms with Crippen molar-refractivity contribution in [3.63, 3.8) is 0 Å². The highest BCUT2D eigenvalue weighted by Crippen LogP contribution is 2.33. The maximum atomic E-state index is 13.1. The number of hydrogen-bond donors (Lipinski definition) is 1. The van der Waals surface area contributed by atoms with E-state index in [0.29, 0.717) is 11.3 Å². The van der Waals surface area contributed by atoms with Crippen molar-refractivity contribution >= 4 is 23.2 Å². The van der Waals surface area contributed by atoms with E-state index in [4.69, 9.17) is 5.73 Å². The van der Waals surface area contributed by atoms with Gasteiger partial charge in [0.2, 0.25) is 0 Å². The van der Waals surface area contributed by atoms with E-state index in [-0.39, 0.29) is 16.8 Å². The molecule has 5 heteroatoms. The topological polar surface area (TPSA) is 63.4 Å². The average Bonchev–Trinajstić information content (AvgIpc) is 2.64. The average molecular weight is 270 g/mol. The number of benzene rings is 2. The summed E-state index contributed by atoms with van der Waals surface area (Å²) in [5.74, 6) is -1.33. The molecule has 20 heavy (non-hydrogen) atoms. The Morgan fingerprint density at radius 1 is 1.10 bits per heavy atom. The molecule has 0 atom stereocenters. The standard InChI is InChI=1S/C15H11FN2O2/c1-8-7-9(16)5-6-12(8)18-14(19)10-3-2-4-11(17)13(10)15(18)20/h2-7H,17H2,1H3. The number of fused-ring (bicyclic) bond motifs is 1. The maximum absolute atomic E-state index is 13.1. The molecule has 4 nitrogen and oxygen atoms in total. The highest BCUT2D eigenvalue weighted by molar-refractivity contribution is 6.36. The van der Waals surface area contributed by atoms with E-state index in [1.807, 2.05) is 0 Å². The number of halogens is 1. The number of anilines is 2. The van der Waals surface area contributed by atoms with Gasteiger partial charge < -0.3 is 5.73 Å². The van der Waals surface area contributed by atoms with Crippen LogP contribution in [0.15, 0.2) is 36.4 Å². The summed E-state index contributed by atoms with van der Waals surface area (Å²) in [6, 6.07) is 8.68. The predicted octanol–water partition coefficient (Wildman–Crippen LogP) is 2.52. The van der Waals surface area contributed by atoms with Crippen molar-refractivity contribution < 1.29 is 14.0 Å². The van der Waals surface area contributed by atoms with Gasteiger partial charge in [0, 0.05) is 5.69 Å². The van der Waals surface area contributed by atoms with Crippen LogP contribution in [0, 0.1) is 12.7 Å². The first-order valence-electron chi connectivity index (χ1n) is 6.04. The van der Waals surface area contributed by atoms with Crippen LogP contribution < -0.4 is 10.6 Å². The number of imide groups is 1. The number of nitrogens with two attached hydrogens (primary N) is 1. The lowest BCUT2D eigenvalue weighted by molar-refractivity contribution is 0.0926. The van der Waals surface area contributed by atoms with Gasteiger partial charge in [0.05, 0.1) is 16.8 Å². The van der Waals surface area contributed by atoms with Gasteiger partial charge in [-0.2, -0.15) is 0 Å². The summed E-state index contributed by atoms with van der Waals surface area (Å²) in [5.41, 5.74) is 7.40. The van der Waals surface area contributed by atoms with Gasteiger partial charge in [-0.3, -0.25) is 9.59 Å². The normalized spacial score (nSPS) is 13.8. The van der Waals surface area contributed by atoms with Crippen LogP contribution in [0.3, 0.4) is 0 Å². The Balaban J connectivity index is 2.17. The molecular formula is C15H11FN2O2. The second kappa shape index (κ2) is 4.16. The second-order valence-corrected chi connectivity index (χ2v) is 4.65. The summed E-state index contributed by atoms with van der Waals surface area (Å²) in [7, 11) is 0. The van der Waals surface area contributed by atoms with Crippen molar-refractivity contribution in [2.24, 2.45) is 0 Å². The number of rotatable bonds is 1. The monoisotopic (exact) mass is 270 g/mol. The molecule has 0 fully saturated rings. The molecule has 2 aromatic carbocycles. The first kappa shape index (κ1) is 12.3. The molecule has 1 aliphatic rings. The van der Waals surface area contributed by atoms with Crippen LogP contribution in [0.25, 0.3) is 0 Å². The molecule has 100 valence electrons. The molecule has 0 saturated heterocycles. The lowest BCUT2D eigenvalue weighted by atomic mass is 10.1. The first-order valence-corrected chi connectivity index (χ1v) is 6.04. The van der Waals surface area contributed by atoms with Crippen LogP contribution in [0.2, 0.25) is 0 Å². The summed E-state index contributed by atoms with van der Waals surface area (Å²) >= 11 is 0. The molecule has 2 aromatic rings. The maximum Gasteiger partial charge on any atom is 0.268 e. The van der Waals surface area contributed by atoms with Gasteiger partial charge >= 0.3 is 0 Å². The Morgan fingerprint density at radius 2 is 1.85 bits per heavy atom. The van der Waals surface area contributed by atoms with E-state index in [1.54, 1.807) is 25.1 Å². The zero-order valence-electron chi connectivity index (χ0n) is 10.7. The summed E-state index contributed by atoms with van der Waals surface area (Å²) in [5, 5.41) is 0. The fourth-order valence-corrected chi connectivity index (χ4v) is 2.40. The lowest BCUT2D eigenvalue weighted by Gasteiger charge is -2.16. The van der Waals surface area contributed by atoms with E-state index in [9.17, 15) is 14.0 Å². The Morgan fingerprint density at radius 3 is 2.50 bits per heavy atom. The number of hydrogen-bond acceptors (Lipinski definition) is 3. The van der Waals surface area contributed by atoms with Crippen molar-refractivity contribution in [3.8, 4) is 0 Å². The van der Waals surface area contributed by atoms with Crippen molar-refractivity contribution in [1.82, 2.24) is 0 Å². The fraction of sp³-hybridized carbons (Fsp3) is 0.0667. The molecule has 2 amide bonds. The lowest BCUT2D eigenvalue weighted by Crippen LogP contribution is -2.30. The van der Waals surface area contributed by atoms with Gasteiger partial charge in [-0.05, 0) is 42.8 Å². The number of amides is 2. The van der Waals surface area contributed by atoms with Crippen LogP contribution in [0.4, 0.5) is 15.8 Å². The molecule has 0 aromatic heterocycles. The minimum Gasteiger partial charge on any atom is -0.398 e. The van der Waals surface area contributed by atoms with Crippen molar-refractivity contribution in [2.45, 2.75) is 6.92 Å². The van der Waals surface area contributed by atoms with E-state index in [2.05, 4.69) is 0 Å². The van der Waals surface area contributed by atoms with Crippen LogP contribution in [-0.2, 0) is 0 Å². The molecule has 0 saturated carbocycles. The minimum atomic E-state index is -0.474. The van der Waals surface area contributed by atoms with Crippen molar-refractivity contribution in [2.75, 3.05) is 10.6 Å². The molecule has 0 spiro atoms. The summed E-state index contributed by atoms with van der Waals surface area (Å²) in [4.78, 5) is 25.8. The van der Waals surface area contributed by atoms with E-state index in [1.165, 1.54) is 18.2 Å². The Hall–Kier alpha value is -2.69. The van der Waals surface area contributed by atoms with E-state index < -0.39 is 17.6 Å². The van der Waals surface area contributed by atoms with Gasteiger partial charge in [-0.1, -0.05) is 6.07 Å². The fourth-order valence-electron chi connectivity index (χ4n) is 2.40. The van der Waals surface area contributed by atoms with Crippen molar-refractivity contribution in [1.29, 1.82) is 0 Å². The highest BCUT2D eigenvalue weighted by atomic mass is 19.1. The van der Waals surface area contributed by atoms with Crippen LogP contribution >= 0.6 is 0 Å². The van der Waals surface area contributed by atoms with E-state index in [0.717, 1.165) is 4.90 Å². The quantitative estimate of drug-likeness (QED) is 0.639. The number of nitrogens with zero attached hydrogens (tertiary/aromatic N) is 1. The molecular weight excluding hydrogens is 259 g/mol. The Labute approximate surface area is 114 Å². The Kier molecular flexibility index (Phi) is 2.57. The third kappa shape index (κ3) is 1.60. The van der Waals surface area contributed by atoms with Gasteiger partial charge in [0.25, 0.3) is 11.8 Å². The number of nitrogen functional groups attached to an aromatic ring is 1. The number of carbonyl (C=O) groups excluding carboxylic acids is 2. The zero-order valence-corrected chi connectivity index (χ0v) is 10.7. The van der Waals surface area contributed by atoms with Crippen molar-refractivity contribution in [3.05, 3.63) is 58.9 Å². The summed E-state index contributed by atoms with van der Waals surface area (Å²) in [6.45, 7) is 1.64. The molecule has 2 N–H and O–H groups in total. The SMILES string of the molecule is Cc1cc(F)ccc1N1C(=O)c2cccc(N)c2C1=O. The van der Waals surface area contributed by atoms with Gasteiger partial charge in [0.15, 0.2) is 0 Å². The summed E-state index contributed by atoms with van der Waals surface area (Å²) in [6.07, 6.45) is 0. The largest absolute Gasteiger partial charge is 0.398 e. The van der Waals surface area contributed by atoms with Gasteiger partial charge in [-0.15, -0.1) is 0 Å². The first-order chi connectivity index (χ1) is 9.50. The van der Waals surface area contributed by atoms with Crippen LogP contribution in [-0.4, -0.2) is 11.8 Å². The highest BCUT2D eigenvalue weighted by Gasteiger charge is 2.38. The minimum absolute atomic E-state index is 0.209. The zero-order chi connectivity index (χ0) is 14.4. The van der Waals surface area contributed by atoms with Crippen LogP contribution in [0.1, 0.15) is 26.3 Å².